The number of fused-ring (bicyclic) bond motifs is 1. The van der Waals surface area contributed by atoms with Gasteiger partial charge in [-0.25, -0.2) is 0 Å². The summed E-state index contributed by atoms with van der Waals surface area (Å²) in [5.41, 5.74) is 7.89. The first-order valence-electron chi connectivity index (χ1n) is 7.61. The van der Waals surface area contributed by atoms with Crippen LogP contribution >= 0.6 is 34.8 Å². The Labute approximate surface area is 155 Å². The van der Waals surface area contributed by atoms with Gasteiger partial charge < -0.3 is 15.0 Å². The van der Waals surface area contributed by atoms with E-state index in [1.54, 1.807) is 12.1 Å². The average Bonchev–Trinajstić information content (AvgIpc) is 2.83. The third-order valence-corrected chi connectivity index (χ3v) is 4.98. The lowest BCUT2D eigenvalue weighted by Gasteiger charge is -2.12. The molecule has 0 amide bonds. The second-order valence-electron chi connectivity index (χ2n) is 5.55. The molecule has 3 aromatic rings. The number of nitrogens with two attached hydrogens (primary N) is 1. The van der Waals surface area contributed by atoms with Crippen LogP contribution in [0.25, 0.3) is 10.9 Å². The van der Waals surface area contributed by atoms with Crippen LogP contribution in [-0.4, -0.2) is 11.1 Å². The summed E-state index contributed by atoms with van der Waals surface area (Å²) in [6.45, 7) is 0.621. The van der Waals surface area contributed by atoms with E-state index in [1.807, 2.05) is 23.7 Å². The van der Waals surface area contributed by atoms with Gasteiger partial charge in [0.05, 0.1) is 20.6 Å². The van der Waals surface area contributed by atoms with Crippen molar-refractivity contribution in [3.63, 3.8) is 0 Å². The Morgan fingerprint density at radius 2 is 1.75 bits per heavy atom. The van der Waals surface area contributed by atoms with Crippen molar-refractivity contribution in [3.05, 3.63) is 57.0 Å². The Morgan fingerprint density at radius 1 is 1.04 bits per heavy atom. The van der Waals surface area contributed by atoms with Gasteiger partial charge in [-0.1, -0.05) is 53.0 Å². The molecule has 2 aromatic carbocycles. The minimum Gasteiger partial charge on any atom is -0.439 e. The van der Waals surface area contributed by atoms with Gasteiger partial charge >= 0.3 is 0 Å². The molecule has 3 nitrogen and oxygen atoms in total. The van der Waals surface area contributed by atoms with Crippen LogP contribution in [0.4, 0.5) is 0 Å². The van der Waals surface area contributed by atoms with E-state index in [4.69, 9.17) is 45.3 Å². The number of ether oxygens (including phenoxy) is 1. The van der Waals surface area contributed by atoms with Gasteiger partial charge in [0.25, 0.3) is 0 Å². The number of para-hydroxylation sites is 1. The smallest absolute Gasteiger partial charge is 0.204 e. The zero-order valence-electron chi connectivity index (χ0n) is 13.2. The molecule has 0 atom stereocenters. The maximum absolute atomic E-state index is 6.26. The summed E-state index contributed by atoms with van der Waals surface area (Å²) in [5, 5.41) is 2.37. The standard InChI is InChI=1S/C18H17Cl3N2O/c1-23-16-7-3-2-5-11(16)12(6-4-8-22)18(23)24-17-10-14(20)13(19)9-15(17)21/h2-3,5,7,9-10H,4,6,8,22H2,1H3. The molecule has 0 unspecified atom stereocenters. The summed E-state index contributed by atoms with van der Waals surface area (Å²) in [5.74, 6) is 1.22. The van der Waals surface area contributed by atoms with Gasteiger partial charge in [0.2, 0.25) is 5.88 Å². The normalized spacial score (nSPS) is 11.2. The summed E-state index contributed by atoms with van der Waals surface area (Å²) >= 11 is 18.4. The van der Waals surface area contributed by atoms with Gasteiger partial charge in [0.15, 0.2) is 0 Å². The predicted octanol–water partition coefficient (Wildman–Crippen LogP) is 5.82. The molecular formula is C18H17Cl3N2O. The van der Waals surface area contributed by atoms with Crippen LogP contribution in [-0.2, 0) is 13.5 Å². The van der Waals surface area contributed by atoms with Gasteiger partial charge in [0, 0.05) is 24.1 Å². The van der Waals surface area contributed by atoms with Crippen molar-refractivity contribution >= 4 is 45.7 Å². The predicted molar refractivity (Wildman–Crippen MR) is 102 cm³/mol. The van der Waals surface area contributed by atoms with Gasteiger partial charge in [0.1, 0.15) is 5.75 Å². The molecule has 1 heterocycles. The topological polar surface area (TPSA) is 40.2 Å². The summed E-state index contributed by atoms with van der Waals surface area (Å²) in [6, 6.07) is 11.4. The summed E-state index contributed by atoms with van der Waals surface area (Å²) < 4.78 is 8.15. The van der Waals surface area contributed by atoms with E-state index >= 15 is 0 Å². The Balaban J connectivity index is 2.11. The number of hydrogen-bond donors (Lipinski definition) is 1. The van der Waals surface area contributed by atoms with Crippen molar-refractivity contribution in [2.45, 2.75) is 12.8 Å². The van der Waals surface area contributed by atoms with Gasteiger partial charge in [-0.3, -0.25) is 0 Å². The Morgan fingerprint density at radius 3 is 2.50 bits per heavy atom. The van der Waals surface area contributed by atoms with Crippen LogP contribution in [0.5, 0.6) is 11.6 Å². The Kier molecular flexibility index (Phi) is 5.26. The zero-order valence-corrected chi connectivity index (χ0v) is 15.4. The van der Waals surface area contributed by atoms with Crippen molar-refractivity contribution in [1.29, 1.82) is 0 Å². The highest BCUT2D eigenvalue weighted by Gasteiger charge is 2.18. The average molecular weight is 384 g/mol. The highest BCUT2D eigenvalue weighted by Crippen LogP contribution is 2.40. The highest BCUT2D eigenvalue weighted by atomic mass is 35.5. The maximum atomic E-state index is 6.26. The van der Waals surface area contributed by atoms with Crippen molar-refractivity contribution < 1.29 is 4.74 Å². The molecule has 0 radical (unpaired) electrons. The molecule has 2 N–H and O–H groups in total. The molecule has 1 aromatic heterocycles. The minimum absolute atomic E-state index is 0.398. The van der Waals surface area contributed by atoms with Crippen LogP contribution in [0, 0.1) is 0 Å². The molecular weight excluding hydrogens is 367 g/mol. The quantitative estimate of drug-likeness (QED) is 0.564. The van der Waals surface area contributed by atoms with E-state index in [1.165, 1.54) is 0 Å². The molecule has 0 aliphatic carbocycles. The molecule has 0 saturated carbocycles. The van der Waals surface area contributed by atoms with E-state index in [2.05, 4.69) is 12.1 Å². The first kappa shape index (κ1) is 17.4. The van der Waals surface area contributed by atoms with E-state index in [-0.39, 0.29) is 0 Å². The molecule has 0 bridgehead atoms. The third kappa shape index (κ3) is 3.22. The lowest BCUT2D eigenvalue weighted by atomic mass is 10.1. The lowest BCUT2D eigenvalue weighted by Crippen LogP contribution is -2.02. The lowest BCUT2D eigenvalue weighted by molar-refractivity contribution is 0.440. The van der Waals surface area contributed by atoms with E-state index in [9.17, 15) is 0 Å². The van der Waals surface area contributed by atoms with E-state index in [0.29, 0.717) is 27.4 Å². The molecule has 24 heavy (non-hydrogen) atoms. The zero-order chi connectivity index (χ0) is 17.3. The molecule has 126 valence electrons. The second-order valence-corrected chi connectivity index (χ2v) is 6.77. The molecule has 0 saturated heterocycles. The van der Waals surface area contributed by atoms with Crippen molar-refractivity contribution in [3.8, 4) is 11.6 Å². The first-order valence-corrected chi connectivity index (χ1v) is 8.75. The number of halogens is 3. The van der Waals surface area contributed by atoms with Crippen LogP contribution in [0.2, 0.25) is 15.1 Å². The molecule has 0 aliphatic heterocycles. The van der Waals surface area contributed by atoms with Crippen molar-refractivity contribution in [2.75, 3.05) is 6.54 Å². The SMILES string of the molecule is Cn1c(Oc2cc(Cl)c(Cl)cc2Cl)c(CCCN)c2ccccc21. The number of hydrogen-bond acceptors (Lipinski definition) is 2. The minimum atomic E-state index is 0.398. The fourth-order valence-electron chi connectivity index (χ4n) is 2.79. The maximum Gasteiger partial charge on any atom is 0.204 e. The van der Waals surface area contributed by atoms with Crippen molar-refractivity contribution in [2.24, 2.45) is 12.8 Å². The largest absolute Gasteiger partial charge is 0.439 e. The van der Waals surface area contributed by atoms with Gasteiger partial charge in [-0.05, 0) is 31.5 Å². The highest BCUT2D eigenvalue weighted by molar-refractivity contribution is 6.43. The fraction of sp³-hybridized carbons (Fsp3) is 0.222. The van der Waals surface area contributed by atoms with Crippen LogP contribution in [0.3, 0.4) is 0 Å². The van der Waals surface area contributed by atoms with E-state index < -0.39 is 0 Å². The number of nitrogens with zero attached hydrogens (tertiary/aromatic N) is 1. The van der Waals surface area contributed by atoms with Gasteiger partial charge in [-0.15, -0.1) is 0 Å². The molecule has 0 aliphatic rings. The van der Waals surface area contributed by atoms with Crippen LogP contribution < -0.4 is 10.5 Å². The molecule has 0 spiro atoms. The second kappa shape index (κ2) is 7.24. The summed E-state index contributed by atoms with van der Waals surface area (Å²) in [4.78, 5) is 0. The Hall–Kier alpha value is -1.39. The van der Waals surface area contributed by atoms with Crippen molar-refractivity contribution in [1.82, 2.24) is 4.57 Å². The summed E-state index contributed by atoms with van der Waals surface area (Å²) in [7, 11) is 1.97. The third-order valence-electron chi connectivity index (χ3n) is 3.97. The number of aromatic nitrogens is 1. The first-order chi connectivity index (χ1) is 11.5. The number of rotatable bonds is 5. The van der Waals surface area contributed by atoms with Gasteiger partial charge in [-0.2, -0.15) is 0 Å². The molecule has 0 fully saturated rings. The number of aryl methyl sites for hydroxylation is 2. The number of benzene rings is 2. The van der Waals surface area contributed by atoms with Crippen LogP contribution in [0.15, 0.2) is 36.4 Å². The monoisotopic (exact) mass is 382 g/mol. The molecule has 6 heteroatoms. The Bertz CT molecular complexity index is 890. The summed E-state index contributed by atoms with van der Waals surface area (Å²) in [6.07, 6.45) is 1.70. The fourth-order valence-corrected chi connectivity index (χ4v) is 3.36. The molecule has 3 rings (SSSR count). The van der Waals surface area contributed by atoms with E-state index in [0.717, 1.165) is 35.2 Å². The van der Waals surface area contributed by atoms with Crippen LogP contribution in [0.1, 0.15) is 12.0 Å².